The molecular weight excluding hydrogens is 126 g/mol. The Morgan fingerprint density at radius 1 is 1.30 bits per heavy atom. The second kappa shape index (κ2) is 2.02. The number of fused-ring (bicyclic) bond motifs is 1. The smallest absolute Gasteiger partial charge is 0.163 e. The molecule has 0 aliphatic carbocycles. The van der Waals surface area contributed by atoms with E-state index in [9.17, 15) is 0 Å². The molecule has 0 saturated heterocycles. The Bertz CT molecular complexity index is 280. The summed E-state index contributed by atoms with van der Waals surface area (Å²) >= 11 is 0. The predicted octanol–water partition coefficient (Wildman–Crippen LogP) is 0.825. The Kier molecular flexibility index (Phi) is 1.07. The molecule has 0 unspecified atom stereocenters. The molecule has 47 valence electrons. The van der Waals surface area contributed by atoms with Crippen molar-refractivity contribution < 1.29 is 0 Å². The van der Waals surface area contributed by atoms with Crippen LogP contribution in [0.1, 0.15) is 0 Å². The van der Waals surface area contributed by atoms with Gasteiger partial charge >= 0.3 is 0 Å². The lowest BCUT2D eigenvalue weighted by atomic mass is 10.3. The molecule has 2 heterocycles. The van der Waals surface area contributed by atoms with Gasteiger partial charge in [0.05, 0.1) is 0 Å². The highest BCUT2D eigenvalue weighted by Crippen LogP contribution is 2.01. The fraction of sp³-hybridized carbons (Fsp3) is 0. The van der Waals surface area contributed by atoms with Crippen LogP contribution in [0.15, 0.2) is 24.8 Å². The summed E-state index contributed by atoms with van der Waals surface area (Å²) in [6.45, 7) is 0. The standard InChI is InChI=1S/C7H4N3/c1-2-6-4-8-5-10-7(6)9-3-1/h1,3-5H. The monoisotopic (exact) mass is 130 g/mol. The van der Waals surface area contributed by atoms with E-state index < -0.39 is 0 Å². The third-order valence-electron chi connectivity index (χ3n) is 1.20. The molecule has 2 aromatic heterocycles. The van der Waals surface area contributed by atoms with Crippen molar-refractivity contribution in [3.8, 4) is 0 Å². The predicted molar refractivity (Wildman–Crippen MR) is 36.2 cm³/mol. The van der Waals surface area contributed by atoms with Crippen LogP contribution in [0.2, 0.25) is 0 Å². The van der Waals surface area contributed by atoms with Crippen LogP contribution in [0, 0.1) is 6.07 Å². The normalized spacial score (nSPS) is 10.0. The Labute approximate surface area is 57.8 Å². The molecule has 0 amide bonds. The Morgan fingerprint density at radius 2 is 2.30 bits per heavy atom. The van der Waals surface area contributed by atoms with Gasteiger partial charge in [-0.15, -0.1) is 0 Å². The fourth-order valence-electron chi connectivity index (χ4n) is 0.763. The van der Waals surface area contributed by atoms with E-state index in [1.807, 2.05) is 0 Å². The summed E-state index contributed by atoms with van der Waals surface area (Å²) in [5, 5.41) is 0.852. The van der Waals surface area contributed by atoms with Crippen LogP contribution >= 0.6 is 0 Å². The summed E-state index contributed by atoms with van der Waals surface area (Å²) in [7, 11) is 0. The van der Waals surface area contributed by atoms with E-state index in [4.69, 9.17) is 0 Å². The molecule has 0 spiro atoms. The second-order valence-corrected chi connectivity index (χ2v) is 1.85. The first-order valence-corrected chi connectivity index (χ1v) is 2.89. The number of rotatable bonds is 0. The van der Waals surface area contributed by atoms with Crippen molar-refractivity contribution in [1.82, 2.24) is 15.0 Å². The summed E-state index contributed by atoms with van der Waals surface area (Å²) in [5.41, 5.74) is 0.692. The average molecular weight is 130 g/mol. The minimum absolute atomic E-state index is 0.692. The van der Waals surface area contributed by atoms with Gasteiger partial charge in [0.2, 0.25) is 0 Å². The lowest BCUT2D eigenvalue weighted by Gasteiger charge is -1.89. The number of pyridine rings is 1. The van der Waals surface area contributed by atoms with Gasteiger partial charge in [-0.2, -0.15) is 0 Å². The molecule has 3 heteroatoms. The van der Waals surface area contributed by atoms with Crippen LogP contribution in [0.25, 0.3) is 11.0 Å². The first kappa shape index (κ1) is 5.29. The van der Waals surface area contributed by atoms with Gasteiger partial charge in [0.25, 0.3) is 0 Å². The Morgan fingerprint density at radius 3 is 3.20 bits per heavy atom. The van der Waals surface area contributed by atoms with Crippen LogP contribution in [0.3, 0.4) is 0 Å². The van der Waals surface area contributed by atoms with Gasteiger partial charge in [0.15, 0.2) is 5.65 Å². The first-order valence-electron chi connectivity index (χ1n) is 2.89. The average Bonchev–Trinajstić information content (AvgIpc) is 2.05. The second-order valence-electron chi connectivity index (χ2n) is 1.85. The summed E-state index contributed by atoms with van der Waals surface area (Å²) in [5.74, 6) is 0. The fourth-order valence-corrected chi connectivity index (χ4v) is 0.763. The minimum Gasteiger partial charge on any atom is -0.244 e. The van der Waals surface area contributed by atoms with Crippen LogP contribution in [-0.2, 0) is 0 Å². The molecule has 0 bridgehead atoms. The molecule has 0 aromatic carbocycles. The zero-order valence-corrected chi connectivity index (χ0v) is 5.15. The summed E-state index contributed by atoms with van der Waals surface area (Å²) in [4.78, 5) is 11.8. The lowest BCUT2D eigenvalue weighted by molar-refractivity contribution is 1.18. The van der Waals surface area contributed by atoms with Gasteiger partial charge in [0.1, 0.15) is 6.33 Å². The van der Waals surface area contributed by atoms with E-state index >= 15 is 0 Å². The SMILES string of the molecule is [c]1ccnc2ncncc12. The third-order valence-corrected chi connectivity index (χ3v) is 1.20. The van der Waals surface area contributed by atoms with Crippen molar-refractivity contribution in [2.45, 2.75) is 0 Å². The summed E-state index contributed by atoms with van der Waals surface area (Å²) < 4.78 is 0. The van der Waals surface area contributed by atoms with Gasteiger partial charge in [-0.25, -0.2) is 15.0 Å². The molecule has 2 aromatic rings. The molecule has 0 N–H and O–H groups in total. The maximum atomic E-state index is 4.00. The van der Waals surface area contributed by atoms with E-state index in [0.29, 0.717) is 5.65 Å². The molecule has 3 nitrogen and oxygen atoms in total. The van der Waals surface area contributed by atoms with Gasteiger partial charge in [-0.1, -0.05) is 0 Å². The van der Waals surface area contributed by atoms with Crippen LogP contribution in [-0.4, -0.2) is 15.0 Å². The quantitative estimate of drug-likeness (QED) is 0.530. The van der Waals surface area contributed by atoms with Crippen molar-refractivity contribution >= 4 is 11.0 Å². The van der Waals surface area contributed by atoms with E-state index in [1.165, 1.54) is 6.33 Å². The molecule has 2 rings (SSSR count). The van der Waals surface area contributed by atoms with E-state index in [2.05, 4.69) is 21.0 Å². The van der Waals surface area contributed by atoms with E-state index in [0.717, 1.165) is 5.39 Å². The maximum Gasteiger partial charge on any atom is 0.163 e. The number of nitrogens with zero attached hydrogens (tertiary/aromatic N) is 3. The van der Waals surface area contributed by atoms with Crippen LogP contribution in [0.5, 0.6) is 0 Å². The molecule has 0 atom stereocenters. The highest BCUT2D eigenvalue weighted by atomic mass is 14.9. The van der Waals surface area contributed by atoms with Gasteiger partial charge in [-0.05, 0) is 12.1 Å². The van der Waals surface area contributed by atoms with Crippen LogP contribution in [0.4, 0.5) is 0 Å². The van der Waals surface area contributed by atoms with Gasteiger partial charge in [0, 0.05) is 17.8 Å². The highest BCUT2D eigenvalue weighted by molar-refractivity contribution is 5.71. The third kappa shape index (κ3) is 0.719. The maximum absolute atomic E-state index is 4.00. The van der Waals surface area contributed by atoms with Crippen molar-refractivity contribution in [2.24, 2.45) is 0 Å². The summed E-state index contributed by atoms with van der Waals surface area (Å²) in [6.07, 6.45) is 4.83. The molecule has 10 heavy (non-hydrogen) atoms. The largest absolute Gasteiger partial charge is 0.244 e. The van der Waals surface area contributed by atoms with Crippen LogP contribution < -0.4 is 0 Å². The molecule has 0 fully saturated rings. The van der Waals surface area contributed by atoms with Crippen molar-refractivity contribution in [2.75, 3.05) is 0 Å². The van der Waals surface area contributed by atoms with Gasteiger partial charge < -0.3 is 0 Å². The van der Waals surface area contributed by atoms with Crippen molar-refractivity contribution in [3.63, 3.8) is 0 Å². The summed E-state index contributed by atoms with van der Waals surface area (Å²) in [6, 6.07) is 4.71. The van der Waals surface area contributed by atoms with E-state index in [-0.39, 0.29) is 0 Å². The minimum atomic E-state index is 0.692. The van der Waals surface area contributed by atoms with E-state index in [1.54, 1.807) is 18.5 Å². The molecule has 0 aliphatic rings. The Balaban J connectivity index is 2.89. The zero-order valence-electron chi connectivity index (χ0n) is 5.15. The molecule has 0 saturated carbocycles. The Hall–Kier alpha value is -1.51. The highest BCUT2D eigenvalue weighted by Gasteiger charge is 1.89. The molecular formula is C7H4N3. The zero-order chi connectivity index (χ0) is 6.81. The lowest BCUT2D eigenvalue weighted by Crippen LogP contribution is -1.82. The first-order chi connectivity index (χ1) is 4.97. The topological polar surface area (TPSA) is 38.7 Å². The van der Waals surface area contributed by atoms with Crippen molar-refractivity contribution in [1.29, 1.82) is 0 Å². The van der Waals surface area contributed by atoms with Crippen molar-refractivity contribution in [3.05, 3.63) is 30.9 Å². The number of hydrogen-bond acceptors (Lipinski definition) is 3. The number of hydrogen-bond donors (Lipinski definition) is 0. The number of aromatic nitrogens is 3. The molecule has 1 radical (unpaired) electrons. The molecule has 0 aliphatic heterocycles. The van der Waals surface area contributed by atoms with Gasteiger partial charge in [-0.3, -0.25) is 0 Å².